The lowest BCUT2D eigenvalue weighted by Crippen LogP contribution is -2.18. The van der Waals surface area contributed by atoms with Crippen molar-refractivity contribution in [3.8, 4) is 5.82 Å². The smallest absolute Gasteiger partial charge is 0.263 e. The highest BCUT2D eigenvalue weighted by Crippen LogP contribution is 2.23. The van der Waals surface area contributed by atoms with Gasteiger partial charge in [0.1, 0.15) is 10.0 Å². The minimum absolute atomic E-state index is 0.236. The monoisotopic (exact) mass is 316 g/mol. The molecule has 2 aromatic heterocycles. The molecule has 3 rings (SSSR count). The second kappa shape index (κ2) is 5.58. The van der Waals surface area contributed by atoms with Gasteiger partial charge in [-0.3, -0.25) is 9.59 Å². The third-order valence-electron chi connectivity index (χ3n) is 2.63. The number of amides is 1. The van der Waals surface area contributed by atoms with E-state index in [0.717, 1.165) is 11.8 Å². The van der Waals surface area contributed by atoms with E-state index >= 15 is 0 Å². The summed E-state index contributed by atoms with van der Waals surface area (Å²) in [5.74, 6) is -0.104. The normalized spacial score (nSPS) is 16.3. The first-order valence-electron chi connectivity index (χ1n) is 5.90. The lowest BCUT2D eigenvalue weighted by atomic mass is 10.2. The number of pyridine rings is 1. The van der Waals surface area contributed by atoms with Gasteiger partial charge in [0.25, 0.3) is 5.91 Å². The van der Waals surface area contributed by atoms with Crippen LogP contribution >= 0.6 is 24.0 Å². The van der Waals surface area contributed by atoms with Crippen molar-refractivity contribution in [2.45, 2.75) is 0 Å². The topological polar surface area (TPSA) is 76.9 Å². The number of thiocarbonyl (C=S) groups is 1. The van der Waals surface area contributed by atoms with Crippen molar-refractivity contribution in [2.75, 3.05) is 0 Å². The highest BCUT2D eigenvalue weighted by atomic mass is 32.2. The Bertz CT molecular complexity index is 767. The zero-order valence-electron chi connectivity index (χ0n) is 10.5. The first kappa shape index (κ1) is 13.7. The molecule has 0 atom stereocenters. The van der Waals surface area contributed by atoms with Gasteiger partial charge >= 0.3 is 0 Å². The number of hydrogen-bond acceptors (Lipinski definition) is 6. The molecule has 0 saturated carbocycles. The number of rotatable bonds is 3. The summed E-state index contributed by atoms with van der Waals surface area (Å²) in [7, 11) is 0. The van der Waals surface area contributed by atoms with E-state index in [0.29, 0.717) is 10.1 Å². The molecule has 0 aliphatic carbocycles. The Morgan fingerprint density at radius 1 is 1.38 bits per heavy atom. The first-order chi connectivity index (χ1) is 10.1. The minimum Gasteiger partial charge on any atom is -0.307 e. The van der Waals surface area contributed by atoms with Crippen LogP contribution in [0.25, 0.3) is 5.82 Å². The van der Waals surface area contributed by atoms with Gasteiger partial charge in [0.2, 0.25) is 5.78 Å². The molecule has 21 heavy (non-hydrogen) atoms. The molecule has 3 heterocycles. The van der Waals surface area contributed by atoms with Gasteiger partial charge in [-0.25, -0.2) is 9.67 Å². The van der Waals surface area contributed by atoms with Crippen LogP contribution < -0.4 is 5.32 Å². The average Bonchev–Trinajstić information content (AvgIpc) is 3.07. The van der Waals surface area contributed by atoms with Crippen LogP contribution in [0.4, 0.5) is 0 Å². The van der Waals surface area contributed by atoms with Gasteiger partial charge in [0, 0.05) is 18.5 Å². The summed E-state index contributed by atoms with van der Waals surface area (Å²) < 4.78 is 1.84. The van der Waals surface area contributed by atoms with E-state index in [1.807, 2.05) is 6.07 Å². The van der Waals surface area contributed by atoms with Crippen LogP contribution in [0, 0.1) is 0 Å². The molecule has 0 spiro atoms. The van der Waals surface area contributed by atoms with Crippen LogP contribution in [0.15, 0.2) is 47.6 Å². The van der Waals surface area contributed by atoms with E-state index in [9.17, 15) is 9.59 Å². The SMILES string of the molecule is O=C1NC(=S)S/C1=C\C(=O)c1ccn(-c2ccccn2)n1. The van der Waals surface area contributed by atoms with E-state index in [1.165, 1.54) is 10.8 Å². The highest BCUT2D eigenvalue weighted by Gasteiger charge is 2.23. The van der Waals surface area contributed by atoms with Crippen LogP contribution in [0.2, 0.25) is 0 Å². The fraction of sp³-hybridized carbons (Fsp3) is 0. The number of ketones is 1. The molecule has 0 aromatic carbocycles. The van der Waals surface area contributed by atoms with Crippen molar-refractivity contribution in [1.29, 1.82) is 0 Å². The van der Waals surface area contributed by atoms with E-state index in [4.69, 9.17) is 12.2 Å². The molecule has 1 amide bonds. The molecule has 1 saturated heterocycles. The first-order valence-corrected chi connectivity index (χ1v) is 7.12. The van der Waals surface area contributed by atoms with Crippen molar-refractivity contribution in [3.63, 3.8) is 0 Å². The number of carbonyl (C=O) groups is 2. The summed E-state index contributed by atoms with van der Waals surface area (Å²) in [5.41, 5.74) is 0.236. The summed E-state index contributed by atoms with van der Waals surface area (Å²) >= 11 is 5.93. The third-order valence-corrected chi connectivity index (χ3v) is 3.79. The number of nitrogens with one attached hydrogen (secondary N) is 1. The fourth-order valence-electron chi connectivity index (χ4n) is 1.69. The Balaban J connectivity index is 1.84. The van der Waals surface area contributed by atoms with Crippen molar-refractivity contribution in [1.82, 2.24) is 20.1 Å². The van der Waals surface area contributed by atoms with Crippen LogP contribution in [-0.2, 0) is 4.79 Å². The third kappa shape index (κ3) is 2.91. The molecular weight excluding hydrogens is 308 g/mol. The van der Waals surface area contributed by atoms with E-state index in [-0.39, 0.29) is 22.3 Å². The molecule has 8 heteroatoms. The Labute approximate surface area is 129 Å². The summed E-state index contributed by atoms with van der Waals surface area (Å²) in [6.07, 6.45) is 4.52. The Morgan fingerprint density at radius 3 is 2.90 bits per heavy atom. The predicted octanol–water partition coefficient (Wildman–Crippen LogP) is 1.48. The Morgan fingerprint density at radius 2 is 2.24 bits per heavy atom. The summed E-state index contributed by atoms with van der Waals surface area (Å²) in [4.78, 5) is 28.0. The quantitative estimate of drug-likeness (QED) is 0.525. The highest BCUT2D eigenvalue weighted by molar-refractivity contribution is 8.26. The number of thioether (sulfide) groups is 1. The van der Waals surface area contributed by atoms with Crippen molar-refractivity contribution in [2.24, 2.45) is 0 Å². The number of aromatic nitrogens is 3. The van der Waals surface area contributed by atoms with Crippen LogP contribution in [0.5, 0.6) is 0 Å². The van der Waals surface area contributed by atoms with Crippen LogP contribution in [-0.4, -0.2) is 30.8 Å². The summed E-state index contributed by atoms with van der Waals surface area (Å²) in [6.45, 7) is 0. The maximum absolute atomic E-state index is 12.1. The van der Waals surface area contributed by atoms with Crippen LogP contribution in [0.1, 0.15) is 10.5 Å². The molecule has 104 valence electrons. The average molecular weight is 316 g/mol. The standard InChI is InChI=1S/C13H8N4O2S2/c18-9(7-10-12(19)15-13(20)21-10)8-4-6-17(16-8)11-3-1-2-5-14-11/h1-7H,(H,15,19,20)/b10-7-. The van der Waals surface area contributed by atoms with Crippen molar-refractivity contribution >= 4 is 40.0 Å². The molecule has 6 nitrogen and oxygen atoms in total. The molecule has 0 unspecified atom stereocenters. The molecule has 2 aromatic rings. The van der Waals surface area contributed by atoms with Crippen molar-refractivity contribution in [3.05, 3.63) is 53.3 Å². The number of carbonyl (C=O) groups excluding carboxylic acids is 2. The maximum Gasteiger partial charge on any atom is 0.263 e. The minimum atomic E-state index is -0.359. The lowest BCUT2D eigenvalue weighted by Gasteiger charge is -1.97. The van der Waals surface area contributed by atoms with Crippen molar-refractivity contribution < 1.29 is 9.59 Å². The second-order valence-electron chi connectivity index (χ2n) is 4.05. The number of nitrogens with zero attached hydrogens (tertiary/aromatic N) is 3. The van der Waals surface area contributed by atoms with Gasteiger partial charge in [-0.15, -0.1) is 0 Å². The largest absolute Gasteiger partial charge is 0.307 e. The molecule has 1 aliphatic heterocycles. The van der Waals surface area contributed by atoms with E-state index in [1.54, 1.807) is 30.6 Å². The summed E-state index contributed by atoms with van der Waals surface area (Å²) in [6, 6.07) is 6.97. The van der Waals surface area contributed by atoms with Gasteiger partial charge in [0.05, 0.1) is 4.91 Å². The number of allylic oxidation sites excluding steroid dienone is 1. The Hall–Kier alpha value is -2.32. The molecule has 0 bridgehead atoms. The summed E-state index contributed by atoms with van der Waals surface area (Å²) in [5, 5.41) is 6.61. The molecule has 1 aliphatic rings. The van der Waals surface area contributed by atoms with Gasteiger partial charge in [-0.1, -0.05) is 30.0 Å². The maximum atomic E-state index is 12.1. The van der Waals surface area contributed by atoms with Gasteiger partial charge < -0.3 is 5.32 Å². The van der Waals surface area contributed by atoms with Gasteiger partial charge in [-0.2, -0.15) is 5.10 Å². The zero-order valence-corrected chi connectivity index (χ0v) is 12.1. The zero-order chi connectivity index (χ0) is 14.8. The fourth-order valence-corrected chi connectivity index (χ4v) is 2.70. The second-order valence-corrected chi connectivity index (χ2v) is 5.77. The predicted molar refractivity (Wildman–Crippen MR) is 82.1 cm³/mol. The lowest BCUT2D eigenvalue weighted by molar-refractivity contribution is -0.115. The van der Waals surface area contributed by atoms with Crippen LogP contribution in [0.3, 0.4) is 0 Å². The Kier molecular flexibility index (Phi) is 3.63. The molecular formula is C13H8N4O2S2. The molecule has 0 radical (unpaired) electrons. The van der Waals surface area contributed by atoms with E-state index < -0.39 is 0 Å². The van der Waals surface area contributed by atoms with Gasteiger partial charge in [0.15, 0.2) is 5.82 Å². The van der Waals surface area contributed by atoms with E-state index in [2.05, 4.69) is 15.4 Å². The van der Waals surface area contributed by atoms with Gasteiger partial charge in [-0.05, 0) is 18.2 Å². The number of hydrogen-bond donors (Lipinski definition) is 1. The molecule has 1 fully saturated rings. The molecule has 1 N–H and O–H groups in total.